The smallest absolute Gasteiger partial charge is 0.195 e. The molecule has 0 aliphatic rings. The lowest BCUT2D eigenvalue weighted by molar-refractivity contribution is 0.818. The molecule has 1 N–H and O–H groups in total. The highest BCUT2D eigenvalue weighted by Crippen LogP contribution is 2.22. The summed E-state index contributed by atoms with van der Waals surface area (Å²) in [4.78, 5) is 0. The summed E-state index contributed by atoms with van der Waals surface area (Å²) in [6.07, 6.45) is 0.819. The number of aromatic nitrogens is 3. The Morgan fingerprint density at radius 3 is 2.46 bits per heavy atom. The van der Waals surface area contributed by atoms with Gasteiger partial charge in [0.05, 0.1) is 0 Å². The van der Waals surface area contributed by atoms with Gasteiger partial charge < -0.3 is 5.32 Å². The Bertz CT molecular complexity index is 766. The second-order valence-corrected chi connectivity index (χ2v) is 6.78. The minimum atomic E-state index is 0.819. The first-order valence-electron chi connectivity index (χ1n) is 8.21. The topological polar surface area (TPSA) is 42.7 Å². The van der Waals surface area contributed by atoms with E-state index < -0.39 is 0 Å². The van der Waals surface area contributed by atoms with Crippen molar-refractivity contribution in [1.82, 2.24) is 14.8 Å². The van der Waals surface area contributed by atoms with E-state index in [9.17, 15) is 0 Å². The van der Waals surface area contributed by atoms with Gasteiger partial charge in [-0.1, -0.05) is 54.6 Å². The fourth-order valence-corrected chi connectivity index (χ4v) is 3.21. The predicted octanol–water partition coefficient (Wildman–Crippen LogP) is 4.34. The number of benzene rings is 2. The molecule has 5 heteroatoms. The van der Waals surface area contributed by atoms with E-state index in [0.717, 1.165) is 41.1 Å². The highest BCUT2D eigenvalue weighted by atomic mass is 32.2. The van der Waals surface area contributed by atoms with Crippen LogP contribution in [0, 0.1) is 6.92 Å². The fourth-order valence-electron chi connectivity index (χ4n) is 2.51. The summed E-state index contributed by atoms with van der Waals surface area (Å²) in [6, 6.07) is 18.8. The Balaban J connectivity index is 1.74. The summed E-state index contributed by atoms with van der Waals surface area (Å²) in [7, 11) is 0. The first-order chi connectivity index (χ1) is 11.8. The first kappa shape index (κ1) is 16.6. The zero-order chi connectivity index (χ0) is 16.8. The molecule has 0 bridgehead atoms. The number of hydrogen-bond donors (Lipinski definition) is 1. The lowest BCUT2D eigenvalue weighted by Gasteiger charge is -2.10. The number of aryl methyl sites for hydroxylation is 1. The van der Waals surface area contributed by atoms with Gasteiger partial charge in [-0.05, 0) is 36.9 Å². The minimum absolute atomic E-state index is 0.819. The maximum atomic E-state index is 4.41. The molecule has 0 aliphatic heterocycles. The number of rotatable bonds is 7. The molecule has 3 rings (SSSR count). The van der Waals surface area contributed by atoms with Crippen molar-refractivity contribution in [3.63, 3.8) is 0 Å². The summed E-state index contributed by atoms with van der Waals surface area (Å²) in [5.41, 5.74) is 3.52. The molecular weight excluding hydrogens is 316 g/mol. The molecule has 0 fully saturated rings. The van der Waals surface area contributed by atoms with Gasteiger partial charge in [0, 0.05) is 24.3 Å². The lowest BCUT2D eigenvalue weighted by atomic mass is 10.2. The molecule has 0 amide bonds. The van der Waals surface area contributed by atoms with Gasteiger partial charge in [-0.3, -0.25) is 4.57 Å². The third kappa shape index (κ3) is 3.97. The van der Waals surface area contributed by atoms with Crippen molar-refractivity contribution < 1.29 is 0 Å². The number of thioether (sulfide) groups is 1. The molecule has 0 unspecified atom stereocenters. The van der Waals surface area contributed by atoms with Gasteiger partial charge in [0.15, 0.2) is 5.16 Å². The molecule has 1 heterocycles. The van der Waals surface area contributed by atoms with Crippen LogP contribution in [0.4, 0.5) is 5.69 Å². The summed E-state index contributed by atoms with van der Waals surface area (Å²) in [5.74, 6) is 1.96. The molecule has 3 aromatic rings. The van der Waals surface area contributed by atoms with Crippen LogP contribution in [0.3, 0.4) is 0 Å². The van der Waals surface area contributed by atoms with Crippen molar-refractivity contribution in [1.29, 1.82) is 0 Å². The number of para-hydroxylation sites is 1. The average Bonchev–Trinajstić information content (AvgIpc) is 3.00. The predicted molar refractivity (Wildman–Crippen MR) is 101 cm³/mol. The van der Waals surface area contributed by atoms with Crippen LogP contribution in [0.25, 0.3) is 5.69 Å². The highest BCUT2D eigenvalue weighted by molar-refractivity contribution is 7.99. The van der Waals surface area contributed by atoms with E-state index in [4.69, 9.17) is 0 Å². The molecule has 24 heavy (non-hydrogen) atoms. The van der Waals surface area contributed by atoms with Gasteiger partial charge in [-0.25, -0.2) is 0 Å². The summed E-state index contributed by atoms with van der Waals surface area (Å²) >= 11 is 1.72. The van der Waals surface area contributed by atoms with Crippen LogP contribution in [0.5, 0.6) is 0 Å². The lowest BCUT2D eigenvalue weighted by Crippen LogP contribution is -2.10. The van der Waals surface area contributed by atoms with Crippen molar-refractivity contribution in [3.05, 3.63) is 66.0 Å². The average molecular weight is 338 g/mol. The van der Waals surface area contributed by atoms with Crippen molar-refractivity contribution >= 4 is 17.4 Å². The van der Waals surface area contributed by atoms with Crippen molar-refractivity contribution in [2.45, 2.75) is 25.4 Å². The quantitative estimate of drug-likeness (QED) is 0.651. The Morgan fingerprint density at radius 1 is 1.00 bits per heavy atom. The standard InChI is InChI=1S/C19H22N4S/c1-3-24-19-22-21-18(23(19)17-7-5-4-6-8-17)13-14-20-16-11-9-15(2)10-12-16/h4-12,20H,3,13-14H2,1-2H3. The second kappa shape index (κ2) is 8.02. The van der Waals surface area contributed by atoms with Gasteiger partial charge in [0.1, 0.15) is 5.82 Å². The second-order valence-electron chi connectivity index (χ2n) is 5.55. The van der Waals surface area contributed by atoms with Crippen molar-refractivity contribution in [3.8, 4) is 5.69 Å². The monoisotopic (exact) mass is 338 g/mol. The summed E-state index contributed by atoms with van der Waals surface area (Å²) < 4.78 is 2.16. The Hall–Kier alpha value is -2.27. The van der Waals surface area contributed by atoms with Gasteiger partial charge in [-0.15, -0.1) is 10.2 Å². The normalized spacial score (nSPS) is 10.8. The maximum absolute atomic E-state index is 4.41. The molecule has 4 nitrogen and oxygen atoms in total. The maximum Gasteiger partial charge on any atom is 0.195 e. The van der Waals surface area contributed by atoms with Crippen LogP contribution >= 0.6 is 11.8 Å². The summed E-state index contributed by atoms with van der Waals surface area (Å²) in [6.45, 7) is 5.05. The summed E-state index contributed by atoms with van der Waals surface area (Å²) in [5, 5.41) is 13.2. The van der Waals surface area contributed by atoms with Crippen LogP contribution < -0.4 is 5.32 Å². The van der Waals surface area contributed by atoms with E-state index >= 15 is 0 Å². The molecule has 0 spiro atoms. The van der Waals surface area contributed by atoms with Crippen LogP contribution in [-0.4, -0.2) is 27.1 Å². The zero-order valence-corrected chi connectivity index (χ0v) is 14.9. The van der Waals surface area contributed by atoms with Gasteiger partial charge >= 0.3 is 0 Å². The third-order valence-electron chi connectivity index (χ3n) is 3.72. The van der Waals surface area contributed by atoms with Crippen LogP contribution in [0.15, 0.2) is 59.8 Å². The molecular formula is C19H22N4S. The number of nitrogens with one attached hydrogen (secondary N) is 1. The largest absolute Gasteiger partial charge is 0.385 e. The molecule has 0 aliphatic carbocycles. The van der Waals surface area contributed by atoms with Crippen LogP contribution in [0.2, 0.25) is 0 Å². The highest BCUT2D eigenvalue weighted by Gasteiger charge is 2.13. The van der Waals surface area contributed by atoms with Crippen LogP contribution in [0.1, 0.15) is 18.3 Å². The molecule has 124 valence electrons. The molecule has 0 radical (unpaired) electrons. The van der Waals surface area contributed by atoms with Gasteiger partial charge in [0.2, 0.25) is 0 Å². The van der Waals surface area contributed by atoms with Crippen molar-refractivity contribution in [2.24, 2.45) is 0 Å². The van der Waals surface area contributed by atoms with E-state index in [1.807, 2.05) is 18.2 Å². The fraction of sp³-hybridized carbons (Fsp3) is 0.263. The van der Waals surface area contributed by atoms with Crippen molar-refractivity contribution in [2.75, 3.05) is 17.6 Å². The third-order valence-corrected chi connectivity index (χ3v) is 4.53. The van der Waals surface area contributed by atoms with Gasteiger partial charge in [0.25, 0.3) is 0 Å². The van der Waals surface area contributed by atoms with E-state index in [1.54, 1.807) is 11.8 Å². The number of nitrogens with zero attached hydrogens (tertiary/aromatic N) is 3. The van der Waals surface area contributed by atoms with Gasteiger partial charge in [-0.2, -0.15) is 0 Å². The Kier molecular flexibility index (Phi) is 5.54. The molecule has 0 saturated heterocycles. The number of anilines is 1. The van der Waals surface area contributed by atoms with Crippen LogP contribution in [-0.2, 0) is 6.42 Å². The van der Waals surface area contributed by atoms with E-state index in [2.05, 4.69) is 70.3 Å². The molecule has 1 aromatic heterocycles. The minimum Gasteiger partial charge on any atom is -0.385 e. The zero-order valence-electron chi connectivity index (χ0n) is 14.1. The SMILES string of the molecule is CCSc1nnc(CCNc2ccc(C)cc2)n1-c1ccccc1. The molecule has 0 atom stereocenters. The Labute approximate surface area is 147 Å². The van der Waals surface area contributed by atoms with E-state index in [1.165, 1.54) is 5.56 Å². The van der Waals surface area contributed by atoms with E-state index in [-0.39, 0.29) is 0 Å². The van der Waals surface area contributed by atoms with E-state index in [0.29, 0.717) is 0 Å². The first-order valence-corrected chi connectivity index (χ1v) is 9.19. The molecule has 2 aromatic carbocycles. The Morgan fingerprint density at radius 2 is 1.75 bits per heavy atom. The number of hydrogen-bond acceptors (Lipinski definition) is 4. The molecule has 0 saturated carbocycles.